The summed E-state index contributed by atoms with van der Waals surface area (Å²) in [5.74, 6) is -1.48. The van der Waals surface area contributed by atoms with Crippen molar-refractivity contribution in [2.75, 3.05) is 6.54 Å². The Balaban J connectivity index is 2.20. The van der Waals surface area contributed by atoms with E-state index in [0.717, 1.165) is 23.8 Å². The molecule has 1 heterocycles. The summed E-state index contributed by atoms with van der Waals surface area (Å²) in [5, 5.41) is 2.64. The Labute approximate surface area is 126 Å². The van der Waals surface area contributed by atoms with Gasteiger partial charge in [0.05, 0.1) is 11.0 Å². The topological polar surface area (TPSA) is 46.9 Å². The van der Waals surface area contributed by atoms with E-state index in [0.29, 0.717) is 12.1 Å². The number of unbranched alkanes of at least 4 members (excludes halogenated alkanes) is 2. The van der Waals surface area contributed by atoms with Gasteiger partial charge in [-0.2, -0.15) is 13.2 Å². The van der Waals surface area contributed by atoms with Gasteiger partial charge in [-0.25, -0.2) is 4.98 Å². The van der Waals surface area contributed by atoms with Crippen LogP contribution in [0, 0.1) is 0 Å². The average molecular weight is 313 g/mol. The first kappa shape index (κ1) is 16.3. The molecular formula is C15H18F3N3O. The van der Waals surface area contributed by atoms with Crippen LogP contribution in [0.25, 0.3) is 11.0 Å². The summed E-state index contributed by atoms with van der Waals surface area (Å²) >= 11 is 0. The zero-order valence-corrected chi connectivity index (χ0v) is 12.3. The van der Waals surface area contributed by atoms with Crippen molar-refractivity contribution < 1.29 is 18.0 Å². The van der Waals surface area contributed by atoms with Gasteiger partial charge in [0.1, 0.15) is 6.54 Å². The van der Waals surface area contributed by atoms with Gasteiger partial charge >= 0.3 is 6.18 Å². The smallest absolute Gasteiger partial charge is 0.355 e. The molecule has 0 spiro atoms. The molecule has 0 fully saturated rings. The second-order valence-corrected chi connectivity index (χ2v) is 5.07. The van der Waals surface area contributed by atoms with Crippen molar-refractivity contribution in [2.45, 2.75) is 38.9 Å². The number of imidazole rings is 1. The van der Waals surface area contributed by atoms with Gasteiger partial charge in [0, 0.05) is 6.54 Å². The molecule has 0 radical (unpaired) electrons. The fourth-order valence-corrected chi connectivity index (χ4v) is 2.25. The van der Waals surface area contributed by atoms with E-state index in [-0.39, 0.29) is 12.1 Å². The quantitative estimate of drug-likeness (QED) is 0.831. The van der Waals surface area contributed by atoms with Crippen molar-refractivity contribution in [1.29, 1.82) is 0 Å². The highest BCUT2D eigenvalue weighted by atomic mass is 19.4. The zero-order chi connectivity index (χ0) is 16.2. The summed E-state index contributed by atoms with van der Waals surface area (Å²) in [6.07, 6.45) is -1.79. The first-order valence-corrected chi connectivity index (χ1v) is 7.22. The maximum absolute atomic E-state index is 13.1. The number of fused-ring (bicyclic) bond motifs is 1. The molecule has 0 saturated heterocycles. The van der Waals surface area contributed by atoms with Crippen LogP contribution in [0.3, 0.4) is 0 Å². The highest BCUT2D eigenvalue weighted by Gasteiger charge is 2.37. The Kier molecular flexibility index (Phi) is 5.05. The first-order valence-electron chi connectivity index (χ1n) is 7.22. The lowest BCUT2D eigenvalue weighted by Crippen LogP contribution is -2.30. The molecule has 0 aliphatic rings. The van der Waals surface area contributed by atoms with Crippen LogP contribution < -0.4 is 5.32 Å². The lowest BCUT2D eigenvalue weighted by Gasteiger charge is -2.11. The number of hydrogen-bond acceptors (Lipinski definition) is 2. The Morgan fingerprint density at radius 1 is 1.27 bits per heavy atom. The van der Waals surface area contributed by atoms with Gasteiger partial charge in [-0.3, -0.25) is 4.79 Å². The Morgan fingerprint density at radius 3 is 2.68 bits per heavy atom. The lowest BCUT2D eigenvalue weighted by atomic mass is 10.2. The maximum Gasteiger partial charge on any atom is 0.449 e. The SMILES string of the molecule is CCCCCNC(=O)Cn1c(C(F)(F)F)nc2ccccc21. The fraction of sp³-hybridized carbons (Fsp3) is 0.467. The van der Waals surface area contributed by atoms with E-state index in [1.54, 1.807) is 12.1 Å². The van der Waals surface area contributed by atoms with Gasteiger partial charge in [0.2, 0.25) is 11.7 Å². The molecule has 0 aliphatic heterocycles. The van der Waals surface area contributed by atoms with E-state index in [4.69, 9.17) is 0 Å². The molecular weight excluding hydrogens is 295 g/mol. The zero-order valence-electron chi connectivity index (χ0n) is 12.3. The van der Waals surface area contributed by atoms with Crippen LogP contribution in [0.5, 0.6) is 0 Å². The van der Waals surface area contributed by atoms with E-state index in [1.807, 2.05) is 6.92 Å². The van der Waals surface area contributed by atoms with Gasteiger partial charge in [-0.1, -0.05) is 31.9 Å². The van der Waals surface area contributed by atoms with Crippen molar-refractivity contribution in [3.05, 3.63) is 30.1 Å². The number of aromatic nitrogens is 2. The molecule has 0 atom stereocenters. The van der Waals surface area contributed by atoms with Crippen LogP contribution in [0.2, 0.25) is 0 Å². The van der Waals surface area contributed by atoms with Crippen molar-refractivity contribution in [1.82, 2.24) is 14.9 Å². The summed E-state index contributed by atoms with van der Waals surface area (Å²) in [4.78, 5) is 15.5. The minimum absolute atomic E-state index is 0.230. The van der Waals surface area contributed by atoms with Gasteiger partial charge in [0.15, 0.2) is 0 Å². The molecule has 0 saturated carbocycles. The molecule has 1 aromatic heterocycles. The molecule has 0 aliphatic carbocycles. The molecule has 22 heavy (non-hydrogen) atoms. The van der Waals surface area contributed by atoms with Gasteiger partial charge in [0.25, 0.3) is 0 Å². The number of benzene rings is 1. The number of carbonyl (C=O) groups excluding carboxylic acids is 1. The number of hydrogen-bond donors (Lipinski definition) is 1. The van der Waals surface area contributed by atoms with E-state index >= 15 is 0 Å². The van der Waals surface area contributed by atoms with E-state index in [1.165, 1.54) is 12.1 Å². The number of alkyl halides is 3. The minimum Gasteiger partial charge on any atom is -0.355 e. The van der Waals surface area contributed by atoms with Crippen LogP contribution in [0.15, 0.2) is 24.3 Å². The summed E-state index contributed by atoms with van der Waals surface area (Å²) in [5.41, 5.74) is 0.534. The van der Waals surface area contributed by atoms with Gasteiger partial charge in [-0.15, -0.1) is 0 Å². The van der Waals surface area contributed by atoms with Crippen molar-refractivity contribution in [2.24, 2.45) is 0 Å². The second-order valence-electron chi connectivity index (χ2n) is 5.07. The Morgan fingerprint density at radius 2 is 2.00 bits per heavy atom. The molecule has 0 bridgehead atoms. The third-order valence-corrected chi connectivity index (χ3v) is 3.31. The predicted octanol–water partition coefficient (Wildman–Crippen LogP) is 3.36. The highest BCUT2D eigenvalue weighted by molar-refractivity contribution is 5.81. The molecule has 2 aromatic rings. The third-order valence-electron chi connectivity index (χ3n) is 3.31. The van der Waals surface area contributed by atoms with Gasteiger partial charge in [-0.05, 0) is 18.6 Å². The van der Waals surface area contributed by atoms with Crippen molar-refractivity contribution in [3.8, 4) is 0 Å². The number of nitrogens with one attached hydrogen (secondary N) is 1. The summed E-state index contributed by atoms with van der Waals surface area (Å²) in [7, 11) is 0. The van der Waals surface area contributed by atoms with Crippen LogP contribution >= 0.6 is 0 Å². The summed E-state index contributed by atoms with van der Waals surface area (Å²) < 4.78 is 40.1. The fourth-order valence-electron chi connectivity index (χ4n) is 2.25. The second kappa shape index (κ2) is 6.81. The molecule has 2 rings (SSSR count). The molecule has 0 unspecified atom stereocenters. The summed E-state index contributed by atoms with van der Waals surface area (Å²) in [6, 6.07) is 6.27. The Hall–Kier alpha value is -2.05. The number of carbonyl (C=O) groups is 1. The number of nitrogens with zero attached hydrogens (tertiary/aromatic N) is 2. The van der Waals surface area contributed by atoms with Gasteiger partial charge < -0.3 is 9.88 Å². The van der Waals surface area contributed by atoms with E-state index in [2.05, 4.69) is 10.3 Å². The highest BCUT2D eigenvalue weighted by Crippen LogP contribution is 2.31. The third kappa shape index (κ3) is 3.78. The number of para-hydroxylation sites is 2. The number of halogens is 3. The molecule has 120 valence electrons. The maximum atomic E-state index is 13.1. The van der Waals surface area contributed by atoms with Crippen LogP contribution in [-0.2, 0) is 17.5 Å². The Bertz CT molecular complexity index is 649. The molecule has 1 N–H and O–H groups in total. The van der Waals surface area contributed by atoms with Crippen LogP contribution in [0.1, 0.15) is 32.0 Å². The number of amides is 1. The van der Waals surface area contributed by atoms with Crippen LogP contribution in [-0.4, -0.2) is 22.0 Å². The molecule has 7 heteroatoms. The largest absolute Gasteiger partial charge is 0.449 e. The molecule has 4 nitrogen and oxygen atoms in total. The van der Waals surface area contributed by atoms with E-state index in [9.17, 15) is 18.0 Å². The van der Waals surface area contributed by atoms with Crippen LogP contribution in [0.4, 0.5) is 13.2 Å². The van der Waals surface area contributed by atoms with E-state index < -0.39 is 17.9 Å². The lowest BCUT2D eigenvalue weighted by molar-refractivity contribution is -0.147. The predicted molar refractivity (Wildman–Crippen MR) is 77.3 cm³/mol. The standard InChI is InChI=1S/C15H18F3N3O/c1-2-3-6-9-19-13(22)10-21-12-8-5-4-7-11(12)20-14(21)15(16,17)18/h4-5,7-8H,2-3,6,9-10H2,1H3,(H,19,22). The molecule has 1 amide bonds. The monoisotopic (exact) mass is 313 g/mol. The number of rotatable bonds is 6. The van der Waals surface area contributed by atoms with Crippen molar-refractivity contribution >= 4 is 16.9 Å². The first-order chi connectivity index (χ1) is 10.4. The normalized spacial score (nSPS) is 11.8. The molecule has 1 aromatic carbocycles. The minimum atomic E-state index is -4.60. The average Bonchev–Trinajstić information content (AvgIpc) is 2.83. The summed E-state index contributed by atoms with van der Waals surface area (Å²) in [6.45, 7) is 2.12. The van der Waals surface area contributed by atoms with Crippen molar-refractivity contribution in [3.63, 3.8) is 0 Å².